The third-order valence-electron chi connectivity index (χ3n) is 3.75. The van der Waals surface area contributed by atoms with Gasteiger partial charge in [-0.2, -0.15) is 13.2 Å². The van der Waals surface area contributed by atoms with Crippen LogP contribution in [-0.4, -0.2) is 49.7 Å². The van der Waals surface area contributed by atoms with Crippen molar-refractivity contribution >= 4 is 23.1 Å². The molecule has 11 heteroatoms. The van der Waals surface area contributed by atoms with Crippen LogP contribution < -0.4 is 5.69 Å². The summed E-state index contributed by atoms with van der Waals surface area (Å²) in [5.41, 5.74) is -0.611. The first-order chi connectivity index (χ1) is 11.9. The molecule has 0 saturated heterocycles. The van der Waals surface area contributed by atoms with Crippen LogP contribution in [0.1, 0.15) is 19.2 Å². The lowest BCUT2D eigenvalue weighted by molar-refractivity contribution is -0.207. The quantitative estimate of drug-likeness (QED) is 0.603. The Morgan fingerprint density at radius 1 is 1.54 bits per heavy atom. The van der Waals surface area contributed by atoms with E-state index in [1.165, 1.54) is 6.08 Å². The minimum atomic E-state index is -4.91. The molecule has 144 valence electrons. The normalized spacial score (nSPS) is 21.4. The summed E-state index contributed by atoms with van der Waals surface area (Å²) in [6.45, 7) is 0.124. The number of methoxy groups -OCH3 is 1. The summed E-state index contributed by atoms with van der Waals surface area (Å²) in [5, 5.41) is 13.3. The standard InChI is InChI=1S/C15H17ClF3N3O4/c1-14(16)5-3-9(4-6-14)12-20-22(8-11(24)26-2)13(25)21(12)7-10(23)15(17,18)19/h3-5,10,23H,6-8H2,1-2H3. The van der Waals surface area contributed by atoms with Gasteiger partial charge in [-0.15, -0.1) is 16.7 Å². The second-order valence-corrected chi connectivity index (χ2v) is 6.85. The second-order valence-electron chi connectivity index (χ2n) is 5.98. The zero-order chi connectivity index (χ0) is 19.7. The highest BCUT2D eigenvalue weighted by Gasteiger charge is 2.39. The molecule has 0 bridgehead atoms. The number of aromatic nitrogens is 3. The predicted octanol–water partition coefficient (Wildman–Crippen LogP) is 1.48. The number of rotatable bonds is 5. The monoisotopic (exact) mass is 395 g/mol. The summed E-state index contributed by atoms with van der Waals surface area (Å²) in [6, 6.07) is 0. The van der Waals surface area contributed by atoms with Crippen LogP contribution in [0, 0.1) is 0 Å². The van der Waals surface area contributed by atoms with Crippen LogP contribution in [0.4, 0.5) is 13.2 Å². The molecule has 2 rings (SSSR count). The van der Waals surface area contributed by atoms with E-state index < -0.39 is 41.9 Å². The zero-order valence-electron chi connectivity index (χ0n) is 14.0. The lowest BCUT2D eigenvalue weighted by atomic mass is 9.97. The van der Waals surface area contributed by atoms with E-state index in [1.54, 1.807) is 19.1 Å². The van der Waals surface area contributed by atoms with E-state index in [1.807, 2.05) is 0 Å². The van der Waals surface area contributed by atoms with E-state index in [0.29, 0.717) is 21.2 Å². The number of allylic oxidation sites excluding steroid dienone is 4. The molecule has 0 aromatic carbocycles. The molecular formula is C15H17ClF3N3O4. The van der Waals surface area contributed by atoms with E-state index in [4.69, 9.17) is 11.6 Å². The van der Waals surface area contributed by atoms with Crippen molar-refractivity contribution in [2.24, 2.45) is 0 Å². The van der Waals surface area contributed by atoms with Crippen molar-refractivity contribution in [1.29, 1.82) is 0 Å². The van der Waals surface area contributed by atoms with Crippen molar-refractivity contribution in [3.05, 3.63) is 34.5 Å². The van der Waals surface area contributed by atoms with Crippen LogP contribution >= 0.6 is 11.6 Å². The first-order valence-corrected chi connectivity index (χ1v) is 7.90. The molecule has 1 N–H and O–H groups in total. The fourth-order valence-electron chi connectivity index (χ4n) is 2.26. The van der Waals surface area contributed by atoms with Crippen LogP contribution in [0.25, 0.3) is 5.57 Å². The Balaban J connectivity index is 2.47. The molecule has 0 fully saturated rings. The predicted molar refractivity (Wildman–Crippen MR) is 86.6 cm³/mol. The number of halogens is 4. The average molecular weight is 396 g/mol. The van der Waals surface area contributed by atoms with Crippen LogP contribution in [-0.2, 0) is 22.6 Å². The molecular weight excluding hydrogens is 379 g/mol. The van der Waals surface area contributed by atoms with Gasteiger partial charge in [0.25, 0.3) is 0 Å². The van der Waals surface area contributed by atoms with Crippen molar-refractivity contribution in [2.75, 3.05) is 7.11 Å². The number of ether oxygens (including phenoxy) is 1. The van der Waals surface area contributed by atoms with Crippen molar-refractivity contribution in [1.82, 2.24) is 14.3 Å². The van der Waals surface area contributed by atoms with Gasteiger partial charge in [0, 0.05) is 5.57 Å². The SMILES string of the molecule is COC(=O)Cn1nc(C2=CCC(C)(Cl)C=C2)n(CC(O)C(F)(F)F)c1=O. The molecule has 1 aliphatic rings. The van der Waals surface area contributed by atoms with Gasteiger partial charge >= 0.3 is 17.8 Å². The highest BCUT2D eigenvalue weighted by Crippen LogP contribution is 2.30. The van der Waals surface area contributed by atoms with Crippen LogP contribution in [0.5, 0.6) is 0 Å². The van der Waals surface area contributed by atoms with E-state index in [9.17, 15) is 27.9 Å². The third kappa shape index (κ3) is 4.55. The van der Waals surface area contributed by atoms with Crippen molar-refractivity contribution in [3.63, 3.8) is 0 Å². The van der Waals surface area contributed by atoms with E-state index >= 15 is 0 Å². The lowest BCUT2D eigenvalue weighted by Crippen LogP contribution is -2.37. The van der Waals surface area contributed by atoms with Crippen molar-refractivity contribution in [3.8, 4) is 0 Å². The Kier molecular flexibility index (Phi) is 5.67. The van der Waals surface area contributed by atoms with Gasteiger partial charge < -0.3 is 9.84 Å². The van der Waals surface area contributed by atoms with Crippen molar-refractivity contribution < 1.29 is 27.8 Å². The number of hydrogen-bond donors (Lipinski definition) is 1. The number of carbonyl (C=O) groups excluding carboxylic acids is 1. The first-order valence-electron chi connectivity index (χ1n) is 7.52. The summed E-state index contributed by atoms with van der Waals surface area (Å²) >= 11 is 6.16. The van der Waals surface area contributed by atoms with Gasteiger partial charge in [-0.3, -0.25) is 9.36 Å². The molecule has 0 amide bonds. The second kappa shape index (κ2) is 7.28. The molecule has 0 saturated carbocycles. The number of carbonyl (C=O) groups is 1. The smallest absolute Gasteiger partial charge is 0.416 e. The highest BCUT2D eigenvalue weighted by atomic mass is 35.5. The molecule has 26 heavy (non-hydrogen) atoms. The molecule has 2 atom stereocenters. The molecule has 7 nitrogen and oxygen atoms in total. The minimum Gasteiger partial charge on any atom is -0.468 e. The van der Waals surface area contributed by atoms with Gasteiger partial charge in [-0.25, -0.2) is 9.48 Å². The average Bonchev–Trinajstić information content (AvgIpc) is 2.83. The van der Waals surface area contributed by atoms with Crippen LogP contribution in [0.3, 0.4) is 0 Å². The maximum atomic E-state index is 12.7. The molecule has 1 aliphatic carbocycles. The van der Waals surface area contributed by atoms with Gasteiger partial charge in [-0.05, 0) is 13.3 Å². The van der Waals surface area contributed by atoms with E-state index in [-0.39, 0.29) is 5.82 Å². The fourth-order valence-corrected chi connectivity index (χ4v) is 2.40. The molecule has 1 aromatic heterocycles. The van der Waals surface area contributed by atoms with E-state index in [0.717, 1.165) is 7.11 Å². The fraction of sp³-hybridized carbons (Fsp3) is 0.533. The summed E-state index contributed by atoms with van der Waals surface area (Å²) in [6.07, 6.45) is -2.54. The molecule has 2 unspecified atom stereocenters. The summed E-state index contributed by atoms with van der Waals surface area (Å²) in [7, 11) is 1.10. The number of aliphatic hydroxyl groups is 1. The van der Waals surface area contributed by atoms with Gasteiger partial charge in [0.2, 0.25) is 0 Å². The Morgan fingerprint density at radius 2 is 2.19 bits per heavy atom. The Bertz CT molecular complexity index is 808. The lowest BCUT2D eigenvalue weighted by Gasteiger charge is -2.20. The number of aliphatic hydroxyl groups excluding tert-OH is 1. The number of alkyl halides is 4. The minimum absolute atomic E-state index is 0.106. The van der Waals surface area contributed by atoms with Gasteiger partial charge in [0.1, 0.15) is 6.54 Å². The molecule has 0 radical (unpaired) electrons. The first kappa shape index (κ1) is 20.2. The van der Waals surface area contributed by atoms with Crippen LogP contribution in [0.15, 0.2) is 23.0 Å². The number of nitrogens with zero attached hydrogens (tertiary/aromatic N) is 3. The van der Waals surface area contributed by atoms with Gasteiger partial charge in [0.15, 0.2) is 11.9 Å². The topological polar surface area (TPSA) is 86.3 Å². The molecule has 0 aliphatic heterocycles. The summed E-state index contributed by atoms with van der Waals surface area (Å²) in [4.78, 5) is 23.1. The highest BCUT2D eigenvalue weighted by molar-refractivity contribution is 6.25. The third-order valence-corrected chi connectivity index (χ3v) is 4.03. The largest absolute Gasteiger partial charge is 0.468 e. The number of esters is 1. The molecule has 0 spiro atoms. The Morgan fingerprint density at radius 3 is 2.69 bits per heavy atom. The summed E-state index contributed by atoms with van der Waals surface area (Å²) < 4.78 is 43.9. The zero-order valence-corrected chi connectivity index (χ0v) is 14.7. The molecule has 1 aromatic rings. The van der Waals surface area contributed by atoms with Gasteiger partial charge in [0.05, 0.1) is 18.5 Å². The maximum absolute atomic E-state index is 12.7. The maximum Gasteiger partial charge on any atom is 0.416 e. The Hall–Kier alpha value is -2.07. The van der Waals surface area contributed by atoms with E-state index in [2.05, 4.69) is 9.84 Å². The number of hydrogen-bond acceptors (Lipinski definition) is 5. The van der Waals surface area contributed by atoms with Crippen LogP contribution in [0.2, 0.25) is 0 Å². The van der Waals surface area contributed by atoms with Crippen molar-refractivity contribution in [2.45, 2.75) is 43.6 Å². The molecule has 1 heterocycles. The summed E-state index contributed by atoms with van der Waals surface area (Å²) in [5.74, 6) is -0.896. The van der Waals surface area contributed by atoms with Gasteiger partial charge in [-0.1, -0.05) is 18.2 Å². The Labute approximate surface area is 151 Å².